The van der Waals surface area contributed by atoms with Crippen LogP contribution < -0.4 is 5.32 Å². The lowest BCUT2D eigenvalue weighted by molar-refractivity contribution is 0.287. The van der Waals surface area contributed by atoms with Crippen LogP contribution in [0.2, 0.25) is 0 Å². The molecule has 2 heteroatoms. The first-order valence-corrected chi connectivity index (χ1v) is 4.79. The van der Waals surface area contributed by atoms with E-state index in [4.69, 9.17) is 5.11 Å². The molecule has 2 N–H and O–H groups in total. The van der Waals surface area contributed by atoms with Crippen molar-refractivity contribution in [3.63, 3.8) is 0 Å². The quantitative estimate of drug-likeness (QED) is 0.547. The van der Waals surface area contributed by atoms with Gasteiger partial charge in [0.15, 0.2) is 0 Å². The van der Waals surface area contributed by atoms with Crippen molar-refractivity contribution < 1.29 is 5.11 Å². The van der Waals surface area contributed by atoms with Gasteiger partial charge < -0.3 is 10.4 Å². The highest BCUT2D eigenvalue weighted by molar-refractivity contribution is 5.33. The molecule has 0 unspecified atom stereocenters. The van der Waals surface area contributed by atoms with Gasteiger partial charge in [0, 0.05) is 12.2 Å². The van der Waals surface area contributed by atoms with Gasteiger partial charge in [0.25, 0.3) is 0 Å². The first kappa shape index (κ1) is 10.8. The van der Waals surface area contributed by atoms with E-state index in [0.717, 1.165) is 18.5 Å². The summed E-state index contributed by atoms with van der Waals surface area (Å²) in [6.45, 7) is 1.73. The molecule has 0 saturated carbocycles. The maximum absolute atomic E-state index is 8.52. The van der Waals surface area contributed by atoms with E-state index >= 15 is 0 Å². The maximum atomic E-state index is 8.52. The van der Waals surface area contributed by atoms with Gasteiger partial charge in [0.05, 0.1) is 6.54 Å². The Labute approximate surface area is 85.0 Å². The zero-order chi connectivity index (χ0) is 10.1. The van der Waals surface area contributed by atoms with Crippen LogP contribution in [-0.4, -0.2) is 24.8 Å². The van der Waals surface area contributed by atoms with Crippen LogP contribution in [0, 0.1) is 11.8 Å². The van der Waals surface area contributed by atoms with Crippen molar-refractivity contribution in [1.29, 1.82) is 0 Å². The van der Waals surface area contributed by atoms with Crippen LogP contribution in [0.1, 0.15) is 12.0 Å². The monoisotopic (exact) mass is 189 g/mol. The van der Waals surface area contributed by atoms with Gasteiger partial charge in [0.2, 0.25) is 0 Å². The molecule has 0 radical (unpaired) electrons. The molecule has 0 heterocycles. The number of hydrogen-bond donors (Lipinski definition) is 2. The van der Waals surface area contributed by atoms with Gasteiger partial charge in [-0.1, -0.05) is 30.0 Å². The molecule has 0 aliphatic carbocycles. The van der Waals surface area contributed by atoms with Crippen LogP contribution >= 0.6 is 0 Å². The summed E-state index contributed by atoms with van der Waals surface area (Å²) < 4.78 is 0. The second kappa shape index (κ2) is 7.14. The largest absolute Gasteiger partial charge is 0.396 e. The topological polar surface area (TPSA) is 32.3 Å². The molecule has 74 valence electrons. The smallest absolute Gasteiger partial charge is 0.0580 e. The van der Waals surface area contributed by atoms with E-state index in [9.17, 15) is 0 Å². The average Bonchev–Trinajstić information content (AvgIpc) is 2.25. The van der Waals surface area contributed by atoms with E-state index in [-0.39, 0.29) is 6.61 Å². The predicted molar refractivity (Wildman–Crippen MR) is 57.9 cm³/mol. The van der Waals surface area contributed by atoms with E-state index in [2.05, 4.69) is 17.2 Å². The minimum atomic E-state index is 0.235. The highest BCUT2D eigenvalue weighted by Gasteiger charge is 1.83. The summed E-state index contributed by atoms with van der Waals surface area (Å²) in [6, 6.07) is 9.90. The van der Waals surface area contributed by atoms with Crippen molar-refractivity contribution in [2.75, 3.05) is 19.7 Å². The molecule has 0 aliphatic rings. The number of hydrogen-bond acceptors (Lipinski definition) is 2. The molecule has 0 aliphatic heterocycles. The van der Waals surface area contributed by atoms with Crippen molar-refractivity contribution in [3.8, 4) is 11.8 Å². The summed E-state index contributed by atoms with van der Waals surface area (Å²) in [4.78, 5) is 0. The van der Waals surface area contributed by atoms with E-state index in [1.54, 1.807) is 0 Å². The van der Waals surface area contributed by atoms with E-state index in [1.165, 1.54) is 0 Å². The van der Waals surface area contributed by atoms with Crippen LogP contribution in [0.25, 0.3) is 0 Å². The molecule has 0 spiro atoms. The minimum absolute atomic E-state index is 0.235. The third-order valence-electron chi connectivity index (χ3n) is 1.73. The van der Waals surface area contributed by atoms with Crippen LogP contribution in [0.5, 0.6) is 0 Å². The minimum Gasteiger partial charge on any atom is -0.396 e. The van der Waals surface area contributed by atoms with Gasteiger partial charge in [-0.2, -0.15) is 0 Å². The molecule has 0 aromatic heterocycles. The zero-order valence-electron chi connectivity index (χ0n) is 8.16. The first-order chi connectivity index (χ1) is 6.93. The van der Waals surface area contributed by atoms with Gasteiger partial charge in [-0.05, 0) is 25.1 Å². The van der Waals surface area contributed by atoms with E-state index < -0.39 is 0 Å². The molecule has 1 aromatic rings. The lowest BCUT2D eigenvalue weighted by Crippen LogP contribution is -2.16. The Kier molecular flexibility index (Phi) is 5.49. The fraction of sp³-hybridized carbons (Fsp3) is 0.333. The molecule has 0 atom stereocenters. The molecule has 0 saturated heterocycles. The number of benzene rings is 1. The highest BCUT2D eigenvalue weighted by Crippen LogP contribution is 1.93. The fourth-order valence-electron chi connectivity index (χ4n) is 1.02. The molecular formula is C12H15NO. The molecule has 0 fully saturated rings. The van der Waals surface area contributed by atoms with Crippen LogP contribution in [0.3, 0.4) is 0 Å². The second-order valence-corrected chi connectivity index (χ2v) is 2.92. The summed E-state index contributed by atoms with van der Waals surface area (Å²) in [5.74, 6) is 6.06. The normalized spacial score (nSPS) is 9.21. The Balaban J connectivity index is 2.21. The number of rotatable bonds is 4. The molecule has 1 rings (SSSR count). The molecular weight excluding hydrogens is 174 g/mol. The Hall–Kier alpha value is -1.30. The fourth-order valence-corrected chi connectivity index (χ4v) is 1.02. The molecule has 0 amide bonds. The summed E-state index contributed by atoms with van der Waals surface area (Å²) in [6.07, 6.45) is 0.785. The van der Waals surface area contributed by atoms with Crippen LogP contribution in [-0.2, 0) is 0 Å². The maximum Gasteiger partial charge on any atom is 0.0580 e. The summed E-state index contributed by atoms with van der Waals surface area (Å²) >= 11 is 0. The van der Waals surface area contributed by atoms with Gasteiger partial charge in [-0.25, -0.2) is 0 Å². The summed E-state index contributed by atoms with van der Waals surface area (Å²) in [7, 11) is 0. The van der Waals surface area contributed by atoms with Crippen molar-refractivity contribution in [3.05, 3.63) is 35.9 Å². The predicted octanol–water partition coefficient (Wildman–Crippen LogP) is 1.01. The molecule has 14 heavy (non-hydrogen) atoms. The van der Waals surface area contributed by atoms with E-state index in [1.807, 2.05) is 30.3 Å². The third kappa shape index (κ3) is 4.66. The van der Waals surface area contributed by atoms with Crippen molar-refractivity contribution in [2.45, 2.75) is 6.42 Å². The van der Waals surface area contributed by atoms with Crippen molar-refractivity contribution in [2.24, 2.45) is 0 Å². The summed E-state index contributed by atoms with van der Waals surface area (Å²) in [5.41, 5.74) is 1.04. The lowest BCUT2D eigenvalue weighted by atomic mass is 10.2. The number of aliphatic hydroxyl groups is 1. The average molecular weight is 189 g/mol. The SMILES string of the molecule is OCCCNCC#Cc1ccccc1. The molecule has 1 aromatic carbocycles. The van der Waals surface area contributed by atoms with Gasteiger partial charge in [-0.15, -0.1) is 0 Å². The van der Waals surface area contributed by atoms with Gasteiger partial charge >= 0.3 is 0 Å². The number of aliphatic hydroxyl groups excluding tert-OH is 1. The highest BCUT2D eigenvalue weighted by atomic mass is 16.3. The second-order valence-electron chi connectivity index (χ2n) is 2.92. The first-order valence-electron chi connectivity index (χ1n) is 4.79. The van der Waals surface area contributed by atoms with E-state index in [0.29, 0.717) is 6.54 Å². The lowest BCUT2D eigenvalue weighted by Gasteiger charge is -1.95. The Morgan fingerprint density at radius 3 is 2.71 bits per heavy atom. The molecule has 0 bridgehead atoms. The van der Waals surface area contributed by atoms with Crippen LogP contribution in [0.4, 0.5) is 0 Å². The standard InChI is InChI=1S/C12H15NO/c14-11-5-10-13-9-4-8-12-6-2-1-3-7-12/h1-3,6-7,13-14H,5,9-11H2. The Bertz CT molecular complexity index is 297. The number of nitrogens with one attached hydrogen (secondary N) is 1. The van der Waals surface area contributed by atoms with Crippen molar-refractivity contribution in [1.82, 2.24) is 5.32 Å². The van der Waals surface area contributed by atoms with Crippen LogP contribution in [0.15, 0.2) is 30.3 Å². The Morgan fingerprint density at radius 1 is 1.21 bits per heavy atom. The van der Waals surface area contributed by atoms with Crippen molar-refractivity contribution >= 4 is 0 Å². The Morgan fingerprint density at radius 2 is 2.00 bits per heavy atom. The summed E-state index contributed by atoms with van der Waals surface area (Å²) in [5, 5.41) is 11.6. The van der Waals surface area contributed by atoms with Gasteiger partial charge in [-0.3, -0.25) is 0 Å². The zero-order valence-corrected chi connectivity index (χ0v) is 8.16. The van der Waals surface area contributed by atoms with Gasteiger partial charge in [0.1, 0.15) is 0 Å². The molecule has 2 nitrogen and oxygen atoms in total. The third-order valence-corrected chi connectivity index (χ3v) is 1.73.